The predicted molar refractivity (Wildman–Crippen MR) is 117 cm³/mol. The number of benzene rings is 2. The Kier molecular flexibility index (Phi) is 6.21. The Morgan fingerprint density at radius 1 is 0.963 bits per heavy atom. The topological polar surface area (TPSA) is 49.3 Å². The van der Waals surface area contributed by atoms with E-state index in [-0.39, 0.29) is 16.7 Å². The average Bonchev–Trinajstić information content (AvgIpc) is 2.54. The Labute approximate surface area is 170 Å². The van der Waals surface area contributed by atoms with Crippen LogP contribution in [-0.2, 0) is 15.6 Å². The maximum atomic E-state index is 12.2. The van der Waals surface area contributed by atoms with Gasteiger partial charge in [-0.2, -0.15) is 0 Å². The van der Waals surface area contributed by atoms with E-state index in [1.54, 1.807) is 6.08 Å². The number of anilines is 1. The van der Waals surface area contributed by atoms with Crippen LogP contribution in [0.3, 0.4) is 0 Å². The number of halogens is 1. The molecule has 0 heterocycles. The van der Waals surface area contributed by atoms with Crippen LogP contribution in [0.25, 0.3) is 6.08 Å². The number of carbonyl (C=O) groups is 1. The van der Waals surface area contributed by atoms with Crippen molar-refractivity contribution >= 4 is 33.6 Å². The van der Waals surface area contributed by atoms with Crippen molar-refractivity contribution in [3.05, 3.63) is 63.6 Å². The third-order valence-electron chi connectivity index (χ3n) is 4.29. The molecule has 2 aromatic carbocycles. The first-order valence-electron chi connectivity index (χ1n) is 9.00. The largest absolute Gasteiger partial charge is 0.507 e. The van der Waals surface area contributed by atoms with Crippen LogP contribution in [0.4, 0.5) is 5.69 Å². The number of phenols is 1. The van der Waals surface area contributed by atoms with Crippen molar-refractivity contribution in [2.24, 2.45) is 0 Å². The van der Waals surface area contributed by atoms with Crippen molar-refractivity contribution < 1.29 is 9.90 Å². The average molecular weight is 430 g/mol. The first kappa shape index (κ1) is 21.2. The molecule has 0 spiro atoms. The van der Waals surface area contributed by atoms with Gasteiger partial charge in [0.15, 0.2) is 0 Å². The molecule has 0 atom stereocenters. The van der Waals surface area contributed by atoms with Crippen molar-refractivity contribution in [1.29, 1.82) is 0 Å². The zero-order chi connectivity index (χ0) is 20.4. The fourth-order valence-corrected chi connectivity index (χ4v) is 3.05. The smallest absolute Gasteiger partial charge is 0.248 e. The Bertz CT molecular complexity index is 818. The van der Waals surface area contributed by atoms with Gasteiger partial charge in [-0.25, -0.2) is 0 Å². The summed E-state index contributed by atoms with van der Waals surface area (Å²) in [5.74, 6) is 0.145. The monoisotopic (exact) mass is 429 g/mol. The van der Waals surface area contributed by atoms with E-state index >= 15 is 0 Å². The molecule has 0 unspecified atom stereocenters. The SMILES string of the molecule is CC(C)(C)c1cc(/C=C/C(=O)Nc2ccc(Br)cc2)cc(C(C)(C)C)c1O. The van der Waals surface area contributed by atoms with Gasteiger partial charge in [-0.15, -0.1) is 0 Å². The molecule has 0 aliphatic rings. The van der Waals surface area contributed by atoms with E-state index in [1.165, 1.54) is 6.08 Å². The molecule has 2 aromatic rings. The highest BCUT2D eigenvalue weighted by Gasteiger charge is 2.26. The Morgan fingerprint density at radius 3 is 1.89 bits per heavy atom. The van der Waals surface area contributed by atoms with Crippen LogP contribution in [0.15, 0.2) is 46.9 Å². The summed E-state index contributed by atoms with van der Waals surface area (Å²) >= 11 is 3.38. The molecule has 0 fully saturated rings. The van der Waals surface area contributed by atoms with Crippen LogP contribution in [0, 0.1) is 0 Å². The van der Waals surface area contributed by atoms with E-state index < -0.39 is 0 Å². The summed E-state index contributed by atoms with van der Waals surface area (Å²) in [5, 5.41) is 13.6. The van der Waals surface area contributed by atoms with Crippen LogP contribution in [0.1, 0.15) is 58.2 Å². The van der Waals surface area contributed by atoms with Gasteiger partial charge in [-0.3, -0.25) is 4.79 Å². The second-order valence-electron chi connectivity index (χ2n) is 8.79. The highest BCUT2D eigenvalue weighted by molar-refractivity contribution is 9.10. The molecule has 1 amide bonds. The van der Waals surface area contributed by atoms with Gasteiger partial charge in [0.1, 0.15) is 5.75 Å². The van der Waals surface area contributed by atoms with Crippen LogP contribution < -0.4 is 5.32 Å². The normalized spacial score (nSPS) is 12.4. The van der Waals surface area contributed by atoms with Crippen molar-refractivity contribution in [1.82, 2.24) is 0 Å². The zero-order valence-corrected chi connectivity index (χ0v) is 18.4. The second kappa shape index (κ2) is 7.89. The number of phenolic OH excluding ortho intramolecular Hbond substituents is 1. The van der Waals surface area contributed by atoms with E-state index in [0.29, 0.717) is 5.75 Å². The Hall–Kier alpha value is -2.07. The summed E-state index contributed by atoms with van der Waals surface area (Å²) in [4.78, 5) is 12.2. The standard InChI is InChI=1S/C23H28BrNO2/c1-22(2,3)18-13-15(14-19(21(18)27)23(4,5)6)7-12-20(26)25-17-10-8-16(24)9-11-17/h7-14,27H,1-6H3,(H,25,26)/b12-7+. The minimum Gasteiger partial charge on any atom is -0.507 e. The summed E-state index contributed by atoms with van der Waals surface area (Å²) < 4.78 is 0.963. The number of carbonyl (C=O) groups excluding carboxylic acids is 1. The fourth-order valence-electron chi connectivity index (χ4n) is 2.79. The summed E-state index contributed by atoms with van der Waals surface area (Å²) in [5.41, 5.74) is 2.99. The van der Waals surface area contributed by atoms with Crippen molar-refractivity contribution in [2.75, 3.05) is 5.32 Å². The van der Waals surface area contributed by atoms with Gasteiger partial charge in [0, 0.05) is 27.4 Å². The van der Waals surface area contributed by atoms with Crippen LogP contribution >= 0.6 is 15.9 Å². The number of rotatable bonds is 3. The van der Waals surface area contributed by atoms with Crippen LogP contribution in [0.2, 0.25) is 0 Å². The maximum Gasteiger partial charge on any atom is 0.248 e. The number of hydrogen-bond acceptors (Lipinski definition) is 2. The molecule has 4 heteroatoms. The predicted octanol–water partition coefficient (Wildman–Crippen LogP) is 6.40. The molecule has 27 heavy (non-hydrogen) atoms. The van der Waals surface area contributed by atoms with Gasteiger partial charge < -0.3 is 10.4 Å². The zero-order valence-electron chi connectivity index (χ0n) is 16.9. The molecule has 0 bridgehead atoms. The minimum atomic E-state index is -0.201. The van der Waals surface area contributed by atoms with Crippen LogP contribution in [0.5, 0.6) is 5.75 Å². The number of nitrogens with one attached hydrogen (secondary N) is 1. The molecular formula is C23H28BrNO2. The van der Waals surface area contributed by atoms with Crippen molar-refractivity contribution in [3.8, 4) is 5.75 Å². The van der Waals surface area contributed by atoms with Gasteiger partial charge in [0.05, 0.1) is 0 Å². The van der Waals surface area contributed by atoms with E-state index in [9.17, 15) is 9.90 Å². The summed E-state index contributed by atoms with van der Waals surface area (Å²) in [6, 6.07) is 11.3. The number of amides is 1. The Balaban J connectivity index is 2.33. The lowest BCUT2D eigenvalue weighted by Crippen LogP contribution is -2.17. The first-order chi connectivity index (χ1) is 12.4. The van der Waals surface area contributed by atoms with Gasteiger partial charge in [-0.05, 0) is 58.9 Å². The molecule has 2 N–H and O–H groups in total. The lowest BCUT2D eigenvalue weighted by atomic mass is 9.78. The summed E-state index contributed by atoms with van der Waals surface area (Å²) in [6.07, 6.45) is 3.31. The van der Waals surface area contributed by atoms with Gasteiger partial charge in [-0.1, -0.05) is 57.5 Å². The second-order valence-corrected chi connectivity index (χ2v) is 9.71. The summed E-state index contributed by atoms with van der Waals surface area (Å²) in [7, 11) is 0. The van der Waals surface area contributed by atoms with E-state index in [1.807, 2.05) is 36.4 Å². The third-order valence-corrected chi connectivity index (χ3v) is 4.82. The Morgan fingerprint density at radius 2 is 1.44 bits per heavy atom. The molecule has 0 saturated carbocycles. The van der Waals surface area contributed by atoms with Crippen molar-refractivity contribution in [2.45, 2.75) is 52.4 Å². The molecule has 2 rings (SSSR count). The molecule has 3 nitrogen and oxygen atoms in total. The van der Waals surface area contributed by atoms with Gasteiger partial charge >= 0.3 is 0 Å². The number of aromatic hydroxyl groups is 1. The molecule has 0 saturated heterocycles. The van der Waals surface area contributed by atoms with Gasteiger partial charge in [0.2, 0.25) is 5.91 Å². The third kappa shape index (κ3) is 5.70. The van der Waals surface area contributed by atoms with Crippen LogP contribution in [-0.4, -0.2) is 11.0 Å². The maximum absolute atomic E-state index is 12.2. The fraction of sp³-hybridized carbons (Fsp3) is 0.348. The van der Waals surface area contributed by atoms with Crippen molar-refractivity contribution in [3.63, 3.8) is 0 Å². The van der Waals surface area contributed by atoms with E-state index in [2.05, 4.69) is 62.8 Å². The highest BCUT2D eigenvalue weighted by atomic mass is 79.9. The molecular weight excluding hydrogens is 402 g/mol. The molecule has 0 radical (unpaired) electrons. The van der Waals surface area contributed by atoms with E-state index in [4.69, 9.17) is 0 Å². The quantitative estimate of drug-likeness (QED) is 0.554. The highest BCUT2D eigenvalue weighted by Crippen LogP contribution is 2.40. The van der Waals surface area contributed by atoms with E-state index in [0.717, 1.165) is 26.9 Å². The minimum absolute atomic E-state index is 0.194. The van der Waals surface area contributed by atoms with Gasteiger partial charge in [0.25, 0.3) is 0 Å². The first-order valence-corrected chi connectivity index (χ1v) is 9.80. The molecule has 144 valence electrons. The lowest BCUT2D eigenvalue weighted by Gasteiger charge is -2.27. The molecule has 0 aliphatic carbocycles. The number of hydrogen-bond donors (Lipinski definition) is 2. The lowest BCUT2D eigenvalue weighted by molar-refractivity contribution is -0.111. The summed E-state index contributed by atoms with van der Waals surface area (Å²) in [6.45, 7) is 12.4. The molecule has 0 aromatic heterocycles. The molecule has 0 aliphatic heterocycles.